The molecule has 0 spiro atoms. The number of hydrogen-bond donors (Lipinski definition) is 1. The minimum absolute atomic E-state index is 0.0456. The summed E-state index contributed by atoms with van der Waals surface area (Å²) in [5, 5.41) is 3.74. The second-order valence-electron chi connectivity index (χ2n) is 9.59. The first-order valence-corrected chi connectivity index (χ1v) is 14.5. The van der Waals surface area contributed by atoms with Gasteiger partial charge in [-0.2, -0.15) is 0 Å². The largest absolute Gasteiger partial charge is 0.345 e. The summed E-state index contributed by atoms with van der Waals surface area (Å²) < 4.78 is 29.3. The number of anilines is 1. The molecule has 0 saturated heterocycles. The van der Waals surface area contributed by atoms with Gasteiger partial charge in [-0.1, -0.05) is 77.8 Å². The highest BCUT2D eigenvalue weighted by Gasteiger charge is 2.30. The molecule has 0 saturated carbocycles. The van der Waals surface area contributed by atoms with Gasteiger partial charge in [-0.25, -0.2) is 8.42 Å². The molecule has 1 amide bonds. The molecule has 1 unspecified atom stereocenters. The van der Waals surface area contributed by atoms with Gasteiger partial charge in [0.25, 0.3) is 15.9 Å². The molecule has 38 heavy (non-hydrogen) atoms. The van der Waals surface area contributed by atoms with Crippen LogP contribution in [0.1, 0.15) is 51.5 Å². The summed E-state index contributed by atoms with van der Waals surface area (Å²) in [6, 6.07) is 28.7. The Balaban J connectivity index is 1.54. The molecule has 4 aromatic rings. The highest BCUT2D eigenvalue weighted by molar-refractivity contribution is 7.92. The smallest absolute Gasteiger partial charge is 0.264 e. The van der Waals surface area contributed by atoms with E-state index in [0.29, 0.717) is 16.3 Å². The summed E-state index contributed by atoms with van der Waals surface area (Å²) in [5.41, 5.74) is 4.70. The van der Waals surface area contributed by atoms with E-state index in [1.165, 1.54) is 9.87 Å². The van der Waals surface area contributed by atoms with E-state index >= 15 is 0 Å². The first kappa shape index (κ1) is 26.0. The Morgan fingerprint density at radius 3 is 2.37 bits per heavy atom. The van der Waals surface area contributed by atoms with E-state index in [4.69, 9.17) is 11.6 Å². The topological polar surface area (TPSA) is 66.5 Å². The second kappa shape index (κ2) is 11.0. The van der Waals surface area contributed by atoms with Crippen LogP contribution in [0.5, 0.6) is 0 Å². The lowest BCUT2D eigenvalue weighted by atomic mass is 9.87. The Morgan fingerprint density at radius 2 is 1.61 bits per heavy atom. The number of carbonyl (C=O) groups excluding carboxylic acids is 1. The van der Waals surface area contributed by atoms with Crippen LogP contribution < -0.4 is 9.62 Å². The monoisotopic (exact) mass is 544 g/mol. The van der Waals surface area contributed by atoms with Crippen molar-refractivity contribution < 1.29 is 13.2 Å². The van der Waals surface area contributed by atoms with Crippen molar-refractivity contribution >= 4 is 33.2 Å². The van der Waals surface area contributed by atoms with Crippen molar-refractivity contribution in [3.63, 3.8) is 0 Å². The highest BCUT2D eigenvalue weighted by atomic mass is 35.5. The Kier molecular flexibility index (Phi) is 7.54. The third kappa shape index (κ3) is 5.47. The highest BCUT2D eigenvalue weighted by Crippen LogP contribution is 2.33. The Hall–Kier alpha value is -3.61. The summed E-state index contributed by atoms with van der Waals surface area (Å²) in [5.74, 6) is -0.303. The van der Waals surface area contributed by atoms with Gasteiger partial charge in [-0.15, -0.1) is 0 Å². The van der Waals surface area contributed by atoms with Gasteiger partial charge in [0.15, 0.2) is 0 Å². The zero-order chi connectivity index (χ0) is 26.7. The SMILES string of the molecule is Cc1ccc(S(=O)(=O)N(Cc2ccc(Cl)cc2)c2ccccc2C(=O)NC2CCCc3ccccc32)cc1. The molecule has 5 nitrogen and oxygen atoms in total. The third-order valence-electron chi connectivity index (χ3n) is 6.94. The molecular weight excluding hydrogens is 516 g/mol. The molecule has 1 aliphatic rings. The van der Waals surface area contributed by atoms with Crippen molar-refractivity contribution in [3.8, 4) is 0 Å². The van der Waals surface area contributed by atoms with Gasteiger partial charge in [0, 0.05) is 5.02 Å². The van der Waals surface area contributed by atoms with Gasteiger partial charge < -0.3 is 5.32 Å². The number of nitrogens with one attached hydrogen (secondary N) is 1. The molecule has 1 atom stereocenters. The fraction of sp³-hybridized carbons (Fsp3) is 0.194. The minimum atomic E-state index is -4.00. The van der Waals surface area contributed by atoms with Gasteiger partial charge in [-0.3, -0.25) is 9.10 Å². The second-order valence-corrected chi connectivity index (χ2v) is 11.9. The van der Waals surface area contributed by atoms with Crippen molar-refractivity contribution in [1.29, 1.82) is 0 Å². The number of para-hydroxylation sites is 1. The fourth-order valence-electron chi connectivity index (χ4n) is 4.92. The maximum Gasteiger partial charge on any atom is 0.264 e. The predicted molar refractivity (Wildman–Crippen MR) is 152 cm³/mol. The van der Waals surface area contributed by atoms with Crippen LogP contribution in [0.15, 0.2) is 102 Å². The molecule has 5 rings (SSSR count). The number of aryl methyl sites for hydroxylation is 2. The summed E-state index contributed by atoms with van der Waals surface area (Å²) >= 11 is 6.08. The molecule has 0 radical (unpaired) electrons. The molecule has 1 aliphatic carbocycles. The zero-order valence-corrected chi connectivity index (χ0v) is 22.7. The van der Waals surface area contributed by atoms with E-state index < -0.39 is 10.0 Å². The van der Waals surface area contributed by atoms with Gasteiger partial charge in [0.05, 0.1) is 28.7 Å². The first-order chi connectivity index (χ1) is 18.3. The summed E-state index contributed by atoms with van der Waals surface area (Å²) in [6.07, 6.45) is 2.80. The molecule has 7 heteroatoms. The van der Waals surface area contributed by atoms with E-state index in [-0.39, 0.29) is 23.4 Å². The third-order valence-corrected chi connectivity index (χ3v) is 8.97. The molecule has 194 valence electrons. The molecule has 0 fully saturated rings. The van der Waals surface area contributed by atoms with E-state index in [1.54, 1.807) is 72.8 Å². The molecule has 1 N–H and O–H groups in total. The first-order valence-electron chi connectivity index (χ1n) is 12.6. The molecular formula is C31H29ClN2O3S. The number of fused-ring (bicyclic) bond motifs is 1. The van der Waals surface area contributed by atoms with Crippen molar-refractivity contribution in [1.82, 2.24) is 5.32 Å². The van der Waals surface area contributed by atoms with Crippen molar-refractivity contribution in [2.45, 2.75) is 43.7 Å². The Bertz CT molecular complexity index is 1550. The van der Waals surface area contributed by atoms with Crippen molar-refractivity contribution in [2.24, 2.45) is 0 Å². The molecule has 4 aromatic carbocycles. The average Bonchev–Trinajstić information content (AvgIpc) is 2.93. The quantitative estimate of drug-likeness (QED) is 0.276. The molecule has 0 aromatic heterocycles. The van der Waals surface area contributed by atoms with Crippen molar-refractivity contribution in [2.75, 3.05) is 4.31 Å². The van der Waals surface area contributed by atoms with Crippen LogP contribution in [0.25, 0.3) is 0 Å². The fourth-order valence-corrected chi connectivity index (χ4v) is 6.51. The van der Waals surface area contributed by atoms with Gasteiger partial charge in [0.1, 0.15) is 0 Å². The number of rotatable bonds is 7. The summed E-state index contributed by atoms with van der Waals surface area (Å²) in [6.45, 7) is 1.95. The van der Waals surface area contributed by atoms with Crippen LogP contribution in [0.3, 0.4) is 0 Å². The summed E-state index contributed by atoms with van der Waals surface area (Å²) in [4.78, 5) is 13.9. The van der Waals surface area contributed by atoms with Crippen molar-refractivity contribution in [3.05, 3.63) is 130 Å². The Labute approximate surface area is 229 Å². The van der Waals surface area contributed by atoms with E-state index in [2.05, 4.69) is 17.4 Å². The van der Waals surface area contributed by atoms with Crippen LogP contribution in [0.4, 0.5) is 5.69 Å². The van der Waals surface area contributed by atoms with Gasteiger partial charge in [0.2, 0.25) is 0 Å². The predicted octanol–water partition coefficient (Wildman–Crippen LogP) is 6.85. The van der Waals surface area contributed by atoms with Crippen LogP contribution in [-0.2, 0) is 23.0 Å². The van der Waals surface area contributed by atoms with Crippen LogP contribution in [0.2, 0.25) is 5.02 Å². The van der Waals surface area contributed by atoms with Crippen LogP contribution >= 0.6 is 11.6 Å². The lowest BCUT2D eigenvalue weighted by molar-refractivity contribution is 0.0933. The number of amides is 1. The number of hydrogen-bond acceptors (Lipinski definition) is 3. The maximum atomic E-state index is 14.0. The normalized spacial score (nSPS) is 14.9. The molecule has 0 bridgehead atoms. The van der Waals surface area contributed by atoms with Crippen LogP contribution in [0, 0.1) is 6.92 Å². The lowest BCUT2D eigenvalue weighted by Crippen LogP contribution is -2.35. The van der Waals surface area contributed by atoms with Crippen LogP contribution in [-0.4, -0.2) is 14.3 Å². The zero-order valence-electron chi connectivity index (χ0n) is 21.1. The number of benzene rings is 4. The van der Waals surface area contributed by atoms with E-state index in [9.17, 15) is 13.2 Å². The number of nitrogens with zero attached hydrogens (tertiary/aromatic N) is 1. The van der Waals surface area contributed by atoms with E-state index in [1.807, 2.05) is 19.1 Å². The Morgan fingerprint density at radius 1 is 0.921 bits per heavy atom. The molecule has 0 heterocycles. The molecule has 0 aliphatic heterocycles. The van der Waals surface area contributed by atoms with Gasteiger partial charge >= 0.3 is 0 Å². The standard InChI is InChI=1S/C31H29ClN2O3S/c1-22-13-19-26(20-14-22)38(36,37)34(21-23-15-17-25(32)18-16-23)30-12-5-4-10-28(30)31(35)33-29-11-6-8-24-7-2-3-9-27(24)29/h2-5,7,9-10,12-20,29H,6,8,11,21H2,1H3,(H,33,35). The lowest BCUT2D eigenvalue weighted by Gasteiger charge is -2.29. The summed E-state index contributed by atoms with van der Waals surface area (Å²) in [7, 11) is -4.00. The number of sulfonamides is 1. The van der Waals surface area contributed by atoms with E-state index in [0.717, 1.165) is 36.0 Å². The maximum absolute atomic E-state index is 14.0. The number of carbonyl (C=O) groups is 1. The average molecular weight is 545 g/mol. The number of halogens is 1. The minimum Gasteiger partial charge on any atom is -0.345 e. The van der Waals surface area contributed by atoms with Gasteiger partial charge in [-0.05, 0) is 79.3 Å².